The number of hydrogen-bond acceptors (Lipinski definition) is 8. The van der Waals surface area contributed by atoms with E-state index in [0.717, 1.165) is 31.5 Å². The standard InChI is InChI=1S/C23H33N7O3S/c1-15(2)19-14-26-30-21(19)27-23(33-18-9-7-11-24-13-18)28-22(30)25-12-17-8-5-6-10-20(17)34(31,32)29-16(3)4/h5-6,8,10,14-16,18,24,29H,7,9,11-13H2,1-4H3,(H,25,27,28)/t18-/m1/s1. The zero-order valence-corrected chi connectivity index (χ0v) is 20.9. The summed E-state index contributed by atoms with van der Waals surface area (Å²) in [6.45, 7) is 9.74. The molecular formula is C23H33N7O3S. The molecule has 3 N–H and O–H groups in total. The summed E-state index contributed by atoms with van der Waals surface area (Å²) in [5, 5.41) is 11.1. The number of rotatable bonds is 9. The molecule has 2 aromatic heterocycles. The van der Waals surface area contributed by atoms with Gasteiger partial charge >= 0.3 is 6.01 Å². The first-order chi connectivity index (χ1) is 16.2. The Hall–Kier alpha value is -2.76. The van der Waals surface area contributed by atoms with Crippen LogP contribution in [0.1, 0.15) is 57.6 Å². The first-order valence-electron chi connectivity index (χ1n) is 11.7. The molecule has 0 unspecified atom stereocenters. The Labute approximate surface area is 200 Å². The van der Waals surface area contributed by atoms with Gasteiger partial charge in [0, 0.05) is 24.7 Å². The number of benzene rings is 1. The average Bonchev–Trinajstić information content (AvgIpc) is 3.22. The minimum Gasteiger partial charge on any atom is -0.459 e. The van der Waals surface area contributed by atoms with Crippen molar-refractivity contribution in [2.75, 3.05) is 18.4 Å². The summed E-state index contributed by atoms with van der Waals surface area (Å²) in [6, 6.07) is 7.00. The van der Waals surface area contributed by atoms with E-state index in [4.69, 9.17) is 4.74 Å². The second-order valence-corrected chi connectivity index (χ2v) is 10.8. The van der Waals surface area contributed by atoms with E-state index in [0.29, 0.717) is 17.2 Å². The topological polar surface area (TPSA) is 123 Å². The molecule has 184 valence electrons. The van der Waals surface area contributed by atoms with Gasteiger partial charge in [-0.2, -0.15) is 19.6 Å². The van der Waals surface area contributed by atoms with E-state index in [-0.39, 0.29) is 35.5 Å². The summed E-state index contributed by atoms with van der Waals surface area (Å²) in [6.07, 6.45) is 3.77. The molecule has 1 aromatic carbocycles. The molecule has 0 radical (unpaired) electrons. The van der Waals surface area contributed by atoms with Crippen molar-refractivity contribution in [1.29, 1.82) is 0 Å². The van der Waals surface area contributed by atoms with Gasteiger partial charge in [0.1, 0.15) is 6.10 Å². The van der Waals surface area contributed by atoms with Gasteiger partial charge in [0.25, 0.3) is 0 Å². The minimum atomic E-state index is -3.65. The smallest absolute Gasteiger partial charge is 0.322 e. The Morgan fingerprint density at radius 1 is 1.21 bits per heavy atom. The van der Waals surface area contributed by atoms with Crippen LogP contribution in [0.15, 0.2) is 35.4 Å². The highest BCUT2D eigenvalue weighted by Crippen LogP contribution is 2.24. The Morgan fingerprint density at radius 3 is 2.71 bits per heavy atom. The number of nitrogens with one attached hydrogen (secondary N) is 3. The molecule has 1 aliphatic rings. The molecular weight excluding hydrogens is 454 g/mol. The minimum absolute atomic E-state index is 0.00227. The molecule has 0 saturated carbocycles. The maximum Gasteiger partial charge on any atom is 0.322 e. The third-order valence-corrected chi connectivity index (χ3v) is 7.37. The van der Waals surface area contributed by atoms with Crippen LogP contribution in [0.3, 0.4) is 0 Å². The van der Waals surface area contributed by atoms with Gasteiger partial charge in [0.15, 0.2) is 5.65 Å². The Morgan fingerprint density at radius 2 is 2.00 bits per heavy atom. The first kappa shape index (κ1) is 24.4. The van der Waals surface area contributed by atoms with Crippen LogP contribution in [-0.4, -0.2) is 53.2 Å². The van der Waals surface area contributed by atoms with Gasteiger partial charge in [-0.15, -0.1) is 0 Å². The highest BCUT2D eigenvalue weighted by atomic mass is 32.2. The van der Waals surface area contributed by atoms with Crippen molar-refractivity contribution in [3.8, 4) is 6.01 Å². The van der Waals surface area contributed by atoms with E-state index in [1.54, 1.807) is 42.8 Å². The summed E-state index contributed by atoms with van der Waals surface area (Å²) in [5.41, 5.74) is 2.28. The van der Waals surface area contributed by atoms with E-state index >= 15 is 0 Å². The van der Waals surface area contributed by atoms with Crippen molar-refractivity contribution in [3.05, 3.63) is 41.6 Å². The van der Waals surface area contributed by atoms with Crippen LogP contribution < -0.4 is 20.1 Å². The van der Waals surface area contributed by atoms with E-state index in [2.05, 4.69) is 44.3 Å². The molecule has 0 spiro atoms. The predicted octanol–water partition coefficient (Wildman–Crippen LogP) is 2.68. The zero-order valence-electron chi connectivity index (χ0n) is 20.1. The maximum atomic E-state index is 12.8. The lowest BCUT2D eigenvalue weighted by molar-refractivity contribution is 0.153. The Kier molecular flexibility index (Phi) is 7.34. The lowest BCUT2D eigenvalue weighted by atomic mass is 10.1. The molecule has 3 heterocycles. The monoisotopic (exact) mass is 487 g/mol. The summed E-state index contributed by atoms with van der Waals surface area (Å²) in [4.78, 5) is 9.47. The zero-order chi connectivity index (χ0) is 24.3. The molecule has 11 heteroatoms. The Balaban J connectivity index is 1.66. The highest BCUT2D eigenvalue weighted by Gasteiger charge is 2.22. The molecule has 0 bridgehead atoms. The maximum absolute atomic E-state index is 12.8. The van der Waals surface area contributed by atoms with Crippen molar-refractivity contribution >= 4 is 21.6 Å². The number of nitrogens with zero attached hydrogens (tertiary/aromatic N) is 4. The van der Waals surface area contributed by atoms with Crippen molar-refractivity contribution in [1.82, 2.24) is 29.6 Å². The molecule has 1 atom stereocenters. The molecule has 0 amide bonds. The van der Waals surface area contributed by atoms with Crippen LogP contribution in [0, 0.1) is 0 Å². The second kappa shape index (κ2) is 10.2. The third kappa shape index (κ3) is 5.48. The molecule has 10 nitrogen and oxygen atoms in total. The third-order valence-electron chi connectivity index (χ3n) is 5.61. The van der Waals surface area contributed by atoms with Crippen molar-refractivity contribution in [2.45, 2.75) is 70.0 Å². The fourth-order valence-electron chi connectivity index (χ4n) is 3.98. The molecule has 1 aliphatic heterocycles. The highest BCUT2D eigenvalue weighted by molar-refractivity contribution is 7.89. The van der Waals surface area contributed by atoms with Crippen LogP contribution in [-0.2, 0) is 16.6 Å². The Bertz CT molecular complexity index is 1230. The second-order valence-electron chi connectivity index (χ2n) is 9.14. The van der Waals surface area contributed by atoms with Crippen molar-refractivity contribution < 1.29 is 13.2 Å². The molecule has 34 heavy (non-hydrogen) atoms. The van der Waals surface area contributed by atoms with Crippen molar-refractivity contribution in [2.24, 2.45) is 0 Å². The lowest BCUT2D eigenvalue weighted by Gasteiger charge is -2.23. The van der Waals surface area contributed by atoms with Crippen LogP contribution in [0.5, 0.6) is 6.01 Å². The summed E-state index contributed by atoms with van der Waals surface area (Å²) < 4.78 is 36.1. The quantitative estimate of drug-likeness (QED) is 0.421. The van der Waals surface area contributed by atoms with Crippen LogP contribution in [0.2, 0.25) is 0 Å². The molecule has 4 rings (SSSR count). The fraction of sp³-hybridized carbons (Fsp3) is 0.522. The van der Waals surface area contributed by atoms with Gasteiger partial charge in [-0.1, -0.05) is 32.0 Å². The molecule has 0 aliphatic carbocycles. The summed E-state index contributed by atoms with van der Waals surface area (Å²) >= 11 is 0. The first-order valence-corrected chi connectivity index (χ1v) is 13.2. The summed E-state index contributed by atoms with van der Waals surface area (Å²) in [5.74, 6) is 0.664. The number of fused-ring (bicyclic) bond motifs is 1. The van der Waals surface area contributed by atoms with E-state index in [1.165, 1.54) is 0 Å². The number of piperidine rings is 1. The van der Waals surface area contributed by atoms with Crippen molar-refractivity contribution in [3.63, 3.8) is 0 Å². The largest absolute Gasteiger partial charge is 0.459 e. The number of anilines is 1. The average molecular weight is 488 g/mol. The SMILES string of the molecule is CC(C)NS(=O)(=O)c1ccccc1CNc1nc(O[C@@H]2CCCNC2)nc2c(C(C)C)cnn12. The predicted molar refractivity (Wildman–Crippen MR) is 131 cm³/mol. The van der Waals surface area contributed by atoms with Gasteiger partial charge in [-0.3, -0.25) is 0 Å². The van der Waals surface area contributed by atoms with Crippen LogP contribution in [0.25, 0.3) is 5.65 Å². The van der Waals surface area contributed by atoms with E-state index in [1.807, 2.05) is 6.07 Å². The number of aromatic nitrogens is 4. The van der Waals surface area contributed by atoms with Crippen LogP contribution >= 0.6 is 0 Å². The van der Waals surface area contributed by atoms with Gasteiger partial charge in [0.2, 0.25) is 16.0 Å². The fourth-order valence-corrected chi connectivity index (χ4v) is 5.47. The normalized spacial score (nSPS) is 16.9. The van der Waals surface area contributed by atoms with Crippen LogP contribution in [0.4, 0.5) is 5.95 Å². The van der Waals surface area contributed by atoms with E-state index < -0.39 is 10.0 Å². The van der Waals surface area contributed by atoms with Gasteiger partial charge in [0.05, 0.1) is 11.1 Å². The lowest BCUT2D eigenvalue weighted by Crippen LogP contribution is -2.37. The van der Waals surface area contributed by atoms with Gasteiger partial charge in [-0.25, -0.2) is 13.1 Å². The molecule has 3 aromatic rings. The van der Waals surface area contributed by atoms with Gasteiger partial charge < -0.3 is 15.4 Å². The summed E-state index contributed by atoms with van der Waals surface area (Å²) in [7, 11) is -3.65. The number of sulfonamides is 1. The van der Waals surface area contributed by atoms with E-state index in [9.17, 15) is 8.42 Å². The molecule has 1 saturated heterocycles. The van der Waals surface area contributed by atoms with Gasteiger partial charge in [-0.05, 0) is 50.8 Å². The number of ether oxygens (including phenoxy) is 1. The molecule has 1 fully saturated rings. The number of hydrogen-bond donors (Lipinski definition) is 3.